The summed E-state index contributed by atoms with van der Waals surface area (Å²) in [6.07, 6.45) is 2.39. The highest BCUT2D eigenvalue weighted by atomic mass is 16.6. The Labute approximate surface area is 75.3 Å². The maximum atomic E-state index is 10.2. The molecule has 0 unspecified atom stereocenters. The Balaban J connectivity index is 2.44. The maximum Gasteiger partial charge on any atom is 0.389 e. The van der Waals surface area contributed by atoms with Crippen molar-refractivity contribution in [3.8, 4) is 0 Å². The van der Waals surface area contributed by atoms with Crippen molar-refractivity contribution in [2.24, 2.45) is 0 Å². The van der Waals surface area contributed by atoms with Gasteiger partial charge in [-0.2, -0.15) is 4.68 Å². The van der Waals surface area contributed by atoms with Gasteiger partial charge in [0.05, 0.1) is 23.9 Å². The molecule has 72 valence electrons. The lowest BCUT2D eigenvalue weighted by atomic mass is 10.4. The van der Waals surface area contributed by atoms with Crippen molar-refractivity contribution >= 4 is 5.82 Å². The van der Waals surface area contributed by atoms with Gasteiger partial charge < -0.3 is 14.9 Å². The highest BCUT2D eigenvalue weighted by Gasteiger charge is 2.09. The van der Waals surface area contributed by atoms with E-state index in [1.54, 1.807) is 13.3 Å². The number of aryl methyl sites for hydroxylation is 1. The molecule has 1 aromatic heterocycles. The molecule has 6 heteroatoms. The van der Waals surface area contributed by atoms with Crippen LogP contribution in [0.5, 0.6) is 0 Å². The van der Waals surface area contributed by atoms with Crippen LogP contribution in [-0.4, -0.2) is 28.4 Å². The first-order chi connectivity index (χ1) is 6.24. The second kappa shape index (κ2) is 4.56. The van der Waals surface area contributed by atoms with E-state index in [-0.39, 0.29) is 5.82 Å². The lowest BCUT2D eigenvalue weighted by molar-refractivity contribution is -0.389. The van der Waals surface area contributed by atoms with Crippen LogP contribution in [0.4, 0.5) is 5.82 Å². The zero-order valence-corrected chi connectivity index (χ0v) is 7.34. The monoisotopic (exact) mass is 185 g/mol. The molecule has 0 radical (unpaired) electrons. The van der Waals surface area contributed by atoms with E-state index in [4.69, 9.17) is 4.74 Å². The average molecular weight is 185 g/mol. The van der Waals surface area contributed by atoms with E-state index < -0.39 is 4.92 Å². The molecule has 0 aromatic carbocycles. The highest BCUT2D eigenvalue weighted by molar-refractivity contribution is 5.13. The first kappa shape index (κ1) is 9.66. The quantitative estimate of drug-likeness (QED) is 0.387. The third-order valence-corrected chi connectivity index (χ3v) is 1.55. The predicted molar refractivity (Wildman–Crippen MR) is 45.4 cm³/mol. The summed E-state index contributed by atoms with van der Waals surface area (Å²) in [6.45, 7) is 1.27. The summed E-state index contributed by atoms with van der Waals surface area (Å²) < 4.78 is 6.38. The molecule has 0 fully saturated rings. The normalized spacial score (nSPS) is 10.2. The number of hydrogen-bond donors (Lipinski definition) is 0. The first-order valence-electron chi connectivity index (χ1n) is 3.91. The molecular weight excluding hydrogens is 174 g/mol. The standard InChI is InChI=1S/C7H11N3O3/c1-13-6-2-4-9-5-3-7(8-9)10(11)12/h3,5H,2,4,6H2,1H3. The molecule has 0 atom stereocenters. The van der Waals surface area contributed by atoms with Crippen molar-refractivity contribution in [2.45, 2.75) is 13.0 Å². The van der Waals surface area contributed by atoms with Gasteiger partial charge in [0, 0.05) is 13.7 Å². The summed E-state index contributed by atoms with van der Waals surface area (Å²) in [4.78, 5) is 9.74. The zero-order valence-electron chi connectivity index (χ0n) is 7.34. The minimum absolute atomic E-state index is 0.114. The van der Waals surface area contributed by atoms with Gasteiger partial charge in [-0.1, -0.05) is 0 Å². The van der Waals surface area contributed by atoms with Crippen LogP contribution >= 0.6 is 0 Å². The van der Waals surface area contributed by atoms with Crippen LogP contribution in [0, 0.1) is 10.1 Å². The fourth-order valence-corrected chi connectivity index (χ4v) is 0.944. The summed E-state index contributed by atoms with van der Waals surface area (Å²) in [6, 6.07) is 1.38. The number of nitrogens with zero attached hydrogens (tertiary/aromatic N) is 3. The summed E-state index contributed by atoms with van der Waals surface area (Å²) in [5.41, 5.74) is 0. The summed E-state index contributed by atoms with van der Waals surface area (Å²) in [7, 11) is 1.62. The van der Waals surface area contributed by atoms with Gasteiger partial charge in [-0.05, 0) is 11.3 Å². The van der Waals surface area contributed by atoms with Crippen molar-refractivity contribution in [2.75, 3.05) is 13.7 Å². The Morgan fingerprint density at radius 3 is 3.08 bits per heavy atom. The van der Waals surface area contributed by atoms with Gasteiger partial charge in [-0.3, -0.25) is 0 Å². The fraction of sp³-hybridized carbons (Fsp3) is 0.571. The lowest BCUT2D eigenvalue weighted by Gasteiger charge is -1.95. The van der Waals surface area contributed by atoms with Crippen molar-refractivity contribution in [1.82, 2.24) is 9.78 Å². The van der Waals surface area contributed by atoms with Crippen LogP contribution in [0.25, 0.3) is 0 Å². The molecular formula is C7H11N3O3. The van der Waals surface area contributed by atoms with Crippen LogP contribution in [0.2, 0.25) is 0 Å². The van der Waals surface area contributed by atoms with E-state index in [0.717, 1.165) is 6.42 Å². The number of aromatic nitrogens is 2. The van der Waals surface area contributed by atoms with Crippen molar-refractivity contribution < 1.29 is 9.66 Å². The van der Waals surface area contributed by atoms with E-state index in [1.807, 2.05) is 0 Å². The second-order valence-electron chi connectivity index (χ2n) is 2.54. The minimum atomic E-state index is -0.507. The molecule has 0 spiro atoms. The number of nitro groups is 1. The smallest absolute Gasteiger partial charge is 0.385 e. The number of ether oxygens (including phenoxy) is 1. The zero-order chi connectivity index (χ0) is 9.68. The molecule has 0 N–H and O–H groups in total. The SMILES string of the molecule is COCCCn1ccc([N+](=O)[O-])n1. The van der Waals surface area contributed by atoms with Crippen LogP contribution in [0.1, 0.15) is 6.42 Å². The Hall–Kier alpha value is -1.43. The van der Waals surface area contributed by atoms with Gasteiger partial charge in [0.15, 0.2) is 0 Å². The molecule has 0 aliphatic heterocycles. The van der Waals surface area contributed by atoms with E-state index in [2.05, 4.69) is 5.10 Å². The number of hydrogen-bond acceptors (Lipinski definition) is 4. The van der Waals surface area contributed by atoms with Crippen LogP contribution in [-0.2, 0) is 11.3 Å². The van der Waals surface area contributed by atoms with E-state index >= 15 is 0 Å². The Kier molecular flexibility index (Phi) is 3.39. The molecule has 1 rings (SSSR count). The van der Waals surface area contributed by atoms with Gasteiger partial charge in [-0.15, -0.1) is 0 Å². The second-order valence-corrected chi connectivity index (χ2v) is 2.54. The molecule has 1 aromatic rings. The molecule has 0 aliphatic carbocycles. The molecule has 6 nitrogen and oxygen atoms in total. The molecule has 0 bridgehead atoms. The molecule has 13 heavy (non-hydrogen) atoms. The summed E-state index contributed by atoms with van der Waals surface area (Å²) >= 11 is 0. The van der Waals surface area contributed by atoms with Crippen molar-refractivity contribution in [3.63, 3.8) is 0 Å². The van der Waals surface area contributed by atoms with Crippen LogP contribution < -0.4 is 0 Å². The van der Waals surface area contributed by atoms with E-state index in [9.17, 15) is 10.1 Å². The fourth-order valence-electron chi connectivity index (χ4n) is 0.944. The number of rotatable bonds is 5. The van der Waals surface area contributed by atoms with E-state index in [0.29, 0.717) is 13.2 Å². The topological polar surface area (TPSA) is 70.2 Å². The van der Waals surface area contributed by atoms with Crippen LogP contribution in [0.15, 0.2) is 12.3 Å². The molecule has 1 heterocycles. The molecule has 0 amide bonds. The average Bonchev–Trinajstić information content (AvgIpc) is 2.53. The van der Waals surface area contributed by atoms with Crippen LogP contribution in [0.3, 0.4) is 0 Å². The molecule has 0 saturated heterocycles. The van der Waals surface area contributed by atoms with Gasteiger partial charge in [0.1, 0.15) is 0 Å². The van der Waals surface area contributed by atoms with Crippen molar-refractivity contribution in [1.29, 1.82) is 0 Å². The third-order valence-electron chi connectivity index (χ3n) is 1.55. The molecule has 0 saturated carbocycles. The summed E-state index contributed by atoms with van der Waals surface area (Å²) in [5.74, 6) is -0.114. The van der Waals surface area contributed by atoms with Gasteiger partial charge >= 0.3 is 5.82 Å². The van der Waals surface area contributed by atoms with Gasteiger partial charge in [0.2, 0.25) is 0 Å². The Bertz CT molecular complexity index is 284. The molecule has 0 aliphatic rings. The van der Waals surface area contributed by atoms with Crippen molar-refractivity contribution in [3.05, 3.63) is 22.4 Å². The van der Waals surface area contributed by atoms with E-state index in [1.165, 1.54) is 10.7 Å². The van der Waals surface area contributed by atoms with Gasteiger partial charge in [0.25, 0.3) is 0 Å². The predicted octanol–water partition coefficient (Wildman–Crippen LogP) is 0.828. The lowest BCUT2D eigenvalue weighted by Crippen LogP contribution is -2.02. The Morgan fingerprint density at radius 1 is 1.77 bits per heavy atom. The third kappa shape index (κ3) is 2.83. The summed E-state index contributed by atoms with van der Waals surface area (Å²) in [5, 5.41) is 14.0. The Morgan fingerprint density at radius 2 is 2.54 bits per heavy atom. The number of methoxy groups -OCH3 is 1. The highest BCUT2D eigenvalue weighted by Crippen LogP contribution is 2.05. The largest absolute Gasteiger partial charge is 0.389 e. The van der Waals surface area contributed by atoms with Gasteiger partial charge in [-0.25, -0.2) is 0 Å². The minimum Gasteiger partial charge on any atom is -0.385 e. The first-order valence-corrected chi connectivity index (χ1v) is 3.91. The maximum absolute atomic E-state index is 10.2.